The predicted molar refractivity (Wildman–Crippen MR) is 87.0 cm³/mol. The molecular formula is C14H10BrClFN5O. The first-order valence-corrected chi connectivity index (χ1v) is 7.68. The highest BCUT2D eigenvalue weighted by Crippen LogP contribution is 2.22. The maximum Gasteiger partial charge on any atom is 0.276 e. The zero-order valence-electron chi connectivity index (χ0n) is 11.6. The van der Waals surface area contributed by atoms with E-state index < -0.39 is 5.91 Å². The van der Waals surface area contributed by atoms with Gasteiger partial charge in [-0.1, -0.05) is 29.8 Å². The van der Waals surface area contributed by atoms with Gasteiger partial charge in [0.05, 0.1) is 17.2 Å². The zero-order valence-corrected chi connectivity index (χ0v) is 13.9. The fraction of sp³-hybridized carbons (Fsp3) is 0.0714. The molecule has 2 heterocycles. The Labute approximate surface area is 143 Å². The highest BCUT2D eigenvalue weighted by molar-refractivity contribution is 9.10. The molecule has 2 N–H and O–H groups in total. The molecular weight excluding hydrogens is 389 g/mol. The minimum absolute atomic E-state index is 0.189. The third kappa shape index (κ3) is 3.43. The fourth-order valence-corrected chi connectivity index (χ4v) is 2.53. The second-order valence-electron chi connectivity index (χ2n) is 4.66. The number of amides is 1. The maximum atomic E-state index is 13.7. The molecule has 6 nitrogen and oxygen atoms in total. The van der Waals surface area contributed by atoms with Crippen molar-refractivity contribution < 1.29 is 9.18 Å². The number of nitrogens with zero attached hydrogens (tertiary/aromatic N) is 3. The van der Waals surface area contributed by atoms with E-state index in [1.807, 2.05) is 0 Å². The Balaban J connectivity index is 1.78. The van der Waals surface area contributed by atoms with E-state index in [9.17, 15) is 9.18 Å². The van der Waals surface area contributed by atoms with Gasteiger partial charge in [-0.05, 0) is 22.0 Å². The van der Waals surface area contributed by atoms with Crippen LogP contribution >= 0.6 is 27.5 Å². The lowest BCUT2D eigenvalue weighted by Crippen LogP contribution is -2.14. The summed E-state index contributed by atoms with van der Waals surface area (Å²) >= 11 is 9.27. The molecule has 0 unspecified atom stereocenters. The molecule has 9 heteroatoms. The van der Waals surface area contributed by atoms with E-state index in [0.717, 1.165) is 0 Å². The van der Waals surface area contributed by atoms with Gasteiger partial charge in [0.2, 0.25) is 0 Å². The third-order valence-corrected chi connectivity index (χ3v) is 3.94. The normalized spacial score (nSPS) is 10.7. The molecule has 0 saturated carbocycles. The zero-order chi connectivity index (χ0) is 16.4. The quantitative estimate of drug-likeness (QED) is 0.707. The smallest absolute Gasteiger partial charge is 0.276 e. The van der Waals surface area contributed by atoms with Crippen LogP contribution < -0.4 is 5.32 Å². The first-order valence-electron chi connectivity index (χ1n) is 6.51. The molecule has 2 aromatic heterocycles. The van der Waals surface area contributed by atoms with Crippen molar-refractivity contribution in [1.82, 2.24) is 20.0 Å². The van der Waals surface area contributed by atoms with Gasteiger partial charge in [-0.2, -0.15) is 10.2 Å². The molecule has 3 rings (SSSR count). The van der Waals surface area contributed by atoms with Crippen LogP contribution in [0.4, 0.5) is 10.2 Å². The molecule has 0 bridgehead atoms. The molecule has 0 spiro atoms. The second-order valence-corrected chi connectivity index (χ2v) is 5.92. The Morgan fingerprint density at radius 2 is 2.22 bits per heavy atom. The molecule has 3 aromatic rings. The minimum Gasteiger partial charge on any atom is -0.302 e. The van der Waals surface area contributed by atoms with Gasteiger partial charge in [0.25, 0.3) is 5.91 Å². The van der Waals surface area contributed by atoms with Crippen molar-refractivity contribution in [2.24, 2.45) is 0 Å². The van der Waals surface area contributed by atoms with E-state index in [1.54, 1.807) is 18.2 Å². The summed E-state index contributed by atoms with van der Waals surface area (Å²) in [5.74, 6) is -0.576. The molecule has 1 aromatic carbocycles. The molecule has 0 aliphatic carbocycles. The maximum absolute atomic E-state index is 13.7. The van der Waals surface area contributed by atoms with Crippen molar-refractivity contribution in [3.05, 3.63) is 63.2 Å². The highest BCUT2D eigenvalue weighted by atomic mass is 79.9. The first-order chi connectivity index (χ1) is 11.0. The molecule has 0 radical (unpaired) electrons. The van der Waals surface area contributed by atoms with Crippen LogP contribution in [0.15, 0.2) is 41.1 Å². The van der Waals surface area contributed by atoms with Crippen LogP contribution in [0, 0.1) is 5.82 Å². The Bertz CT molecular complexity index is 862. The molecule has 1 amide bonds. The molecule has 23 heavy (non-hydrogen) atoms. The average molecular weight is 399 g/mol. The summed E-state index contributed by atoms with van der Waals surface area (Å²) in [7, 11) is 0. The van der Waals surface area contributed by atoms with E-state index >= 15 is 0 Å². The highest BCUT2D eigenvalue weighted by Gasteiger charge is 2.16. The number of aromatic amines is 1. The summed E-state index contributed by atoms with van der Waals surface area (Å²) in [5.41, 5.74) is 0.727. The Morgan fingerprint density at radius 3 is 2.91 bits per heavy atom. The summed E-state index contributed by atoms with van der Waals surface area (Å²) in [4.78, 5) is 12.1. The Kier molecular flexibility index (Phi) is 4.44. The summed E-state index contributed by atoms with van der Waals surface area (Å²) in [6.45, 7) is 0.204. The van der Waals surface area contributed by atoms with Crippen LogP contribution in [-0.2, 0) is 6.54 Å². The van der Waals surface area contributed by atoms with Gasteiger partial charge in [-0.15, -0.1) is 0 Å². The summed E-state index contributed by atoms with van der Waals surface area (Å²) in [5, 5.41) is 13.3. The van der Waals surface area contributed by atoms with E-state index in [2.05, 4.69) is 36.5 Å². The fourth-order valence-electron chi connectivity index (χ4n) is 1.96. The number of rotatable bonds is 4. The van der Waals surface area contributed by atoms with Crippen molar-refractivity contribution in [1.29, 1.82) is 0 Å². The van der Waals surface area contributed by atoms with E-state index in [0.29, 0.717) is 10.0 Å². The summed E-state index contributed by atoms with van der Waals surface area (Å²) in [6, 6.07) is 6.38. The number of carbonyl (C=O) groups excluding carboxylic acids is 1. The van der Waals surface area contributed by atoms with Gasteiger partial charge >= 0.3 is 0 Å². The first kappa shape index (κ1) is 15.7. The van der Waals surface area contributed by atoms with Crippen LogP contribution in [0.1, 0.15) is 16.1 Å². The number of anilines is 1. The summed E-state index contributed by atoms with van der Waals surface area (Å²) in [6.07, 6.45) is 2.99. The lowest BCUT2D eigenvalue weighted by Gasteiger charge is -2.03. The lowest BCUT2D eigenvalue weighted by atomic mass is 10.2. The largest absolute Gasteiger partial charge is 0.302 e. The summed E-state index contributed by atoms with van der Waals surface area (Å²) < 4.78 is 15.6. The van der Waals surface area contributed by atoms with E-state index in [4.69, 9.17) is 11.6 Å². The molecule has 0 atom stereocenters. The van der Waals surface area contributed by atoms with Crippen LogP contribution in [0.2, 0.25) is 5.02 Å². The van der Waals surface area contributed by atoms with E-state index in [-0.39, 0.29) is 28.9 Å². The minimum atomic E-state index is -0.438. The number of hydrogen-bond acceptors (Lipinski definition) is 3. The number of nitrogens with one attached hydrogen (secondary N) is 2. The van der Waals surface area contributed by atoms with Gasteiger partial charge in [-0.25, -0.2) is 4.39 Å². The van der Waals surface area contributed by atoms with Crippen molar-refractivity contribution in [2.45, 2.75) is 6.54 Å². The second kappa shape index (κ2) is 6.51. The van der Waals surface area contributed by atoms with Crippen molar-refractivity contribution >= 4 is 39.3 Å². The predicted octanol–water partition coefficient (Wildman–Crippen LogP) is 3.46. The van der Waals surface area contributed by atoms with Crippen molar-refractivity contribution in [3.63, 3.8) is 0 Å². The number of halogens is 3. The van der Waals surface area contributed by atoms with Gasteiger partial charge < -0.3 is 5.32 Å². The van der Waals surface area contributed by atoms with Crippen LogP contribution in [0.5, 0.6) is 0 Å². The monoisotopic (exact) mass is 397 g/mol. The molecule has 0 saturated heterocycles. The van der Waals surface area contributed by atoms with Crippen LogP contribution in [0.25, 0.3) is 0 Å². The van der Waals surface area contributed by atoms with Crippen LogP contribution in [0.3, 0.4) is 0 Å². The van der Waals surface area contributed by atoms with Gasteiger partial charge in [-0.3, -0.25) is 14.6 Å². The van der Waals surface area contributed by atoms with Gasteiger partial charge in [0.15, 0.2) is 5.82 Å². The SMILES string of the molecule is O=C(Nc1nn(Cc2ccccc2F)cc1Cl)c1[nH]ncc1Br. The number of hydrogen-bond donors (Lipinski definition) is 2. The Morgan fingerprint density at radius 1 is 1.43 bits per heavy atom. The van der Waals surface area contributed by atoms with Crippen molar-refractivity contribution in [2.75, 3.05) is 5.32 Å². The number of carbonyl (C=O) groups is 1. The molecule has 0 aliphatic rings. The Hall–Kier alpha value is -2.19. The third-order valence-electron chi connectivity index (χ3n) is 3.06. The standard InChI is InChI=1S/C14H10BrClFN5O/c15-9-5-18-20-12(9)14(23)19-13-10(16)7-22(21-13)6-8-3-1-2-4-11(8)17/h1-5,7H,6H2,(H,18,20)(H,19,21,23). The molecule has 118 valence electrons. The number of aromatic nitrogens is 4. The van der Waals surface area contributed by atoms with Gasteiger partial charge in [0.1, 0.15) is 16.5 Å². The number of H-pyrrole nitrogens is 1. The molecule has 0 aliphatic heterocycles. The van der Waals surface area contributed by atoms with Gasteiger partial charge in [0, 0.05) is 11.8 Å². The van der Waals surface area contributed by atoms with Crippen molar-refractivity contribution in [3.8, 4) is 0 Å². The van der Waals surface area contributed by atoms with Crippen LogP contribution in [-0.4, -0.2) is 25.9 Å². The lowest BCUT2D eigenvalue weighted by molar-refractivity contribution is 0.102. The molecule has 0 fully saturated rings. The van der Waals surface area contributed by atoms with E-state index in [1.165, 1.54) is 23.1 Å². The number of benzene rings is 1. The average Bonchev–Trinajstić information content (AvgIpc) is 3.08. The topological polar surface area (TPSA) is 75.6 Å².